The van der Waals surface area contributed by atoms with E-state index in [-0.39, 0.29) is 23.1 Å². The first-order valence-electron chi connectivity index (χ1n) is 6.38. The van der Waals surface area contributed by atoms with Crippen molar-refractivity contribution < 1.29 is 13.2 Å². The van der Waals surface area contributed by atoms with Gasteiger partial charge in [-0.25, -0.2) is 13.1 Å². The van der Waals surface area contributed by atoms with Crippen molar-refractivity contribution in [2.75, 3.05) is 13.2 Å². The maximum absolute atomic E-state index is 11.9. The lowest BCUT2D eigenvalue weighted by atomic mass is 10.3. The summed E-state index contributed by atoms with van der Waals surface area (Å²) in [7, 11) is -3.57. The predicted octanol–water partition coefficient (Wildman–Crippen LogP) is 0.612. The number of pyridine rings is 1. The molecule has 0 spiro atoms. The zero-order valence-electron chi connectivity index (χ0n) is 10.6. The molecule has 1 saturated carbocycles. The minimum absolute atomic E-state index is 0.0490. The highest BCUT2D eigenvalue weighted by atomic mass is 32.2. The molecule has 19 heavy (non-hydrogen) atoms. The molecule has 7 heteroatoms. The van der Waals surface area contributed by atoms with E-state index < -0.39 is 10.0 Å². The summed E-state index contributed by atoms with van der Waals surface area (Å²) in [4.78, 5) is 13.2. The van der Waals surface area contributed by atoms with E-state index in [2.05, 4.69) is 9.71 Å². The van der Waals surface area contributed by atoms with E-state index in [1.165, 1.54) is 31.2 Å². The average molecular weight is 286 g/mol. The van der Waals surface area contributed by atoms with Gasteiger partial charge >= 0.3 is 0 Å². The van der Waals surface area contributed by atoms with Crippen LogP contribution in [0.25, 0.3) is 0 Å². The van der Waals surface area contributed by atoms with Gasteiger partial charge in [0.2, 0.25) is 15.6 Å². The molecule has 0 radical (unpaired) electrons. The van der Waals surface area contributed by atoms with Gasteiger partial charge in [-0.1, -0.05) is 12.8 Å². The standard InChI is InChI=1S/C12H18N2O4S/c15-12-6-5-11(9-13-12)19(16,17)14-7-8-18-10-3-1-2-4-10/h5-6,9-10,14H,1-4,7-8H2,(H,13,15). The van der Waals surface area contributed by atoms with E-state index in [1.807, 2.05) is 0 Å². The summed E-state index contributed by atoms with van der Waals surface area (Å²) in [6.45, 7) is 0.602. The van der Waals surface area contributed by atoms with Crippen LogP contribution in [0.15, 0.2) is 28.0 Å². The number of hydrogen-bond acceptors (Lipinski definition) is 4. The summed E-state index contributed by atoms with van der Waals surface area (Å²) in [5.74, 6) is 0. The van der Waals surface area contributed by atoms with Gasteiger partial charge in [-0.15, -0.1) is 0 Å². The normalized spacial score (nSPS) is 16.8. The Balaban J connectivity index is 1.80. The fraction of sp³-hybridized carbons (Fsp3) is 0.583. The molecular formula is C12H18N2O4S. The molecule has 1 aliphatic carbocycles. The van der Waals surface area contributed by atoms with Crippen molar-refractivity contribution in [2.45, 2.75) is 36.7 Å². The van der Waals surface area contributed by atoms with Crippen molar-refractivity contribution in [3.63, 3.8) is 0 Å². The zero-order chi connectivity index (χ0) is 13.7. The van der Waals surface area contributed by atoms with E-state index in [1.54, 1.807) is 0 Å². The fourth-order valence-corrected chi connectivity index (χ4v) is 3.08. The van der Waals surface area contributed by atoms with E-state index in [0.717, 1.165) is 12.8 Å². The first-order valence-corrected chi connectivity index (χ1v) is 7.86. The van der Waals surface area contributed by atoms with Crippen LogP contribution in [-0.2, 0) is 14.8 Å². The van der Waals surface area contributed by atoms with Gasteiger partial charge in [-0.2, -0.15) is 0 Å². The minimum Gasteiger partial charge on any atom is -0.377 e. The van der Waals surface area contributed by atoms with E-state index in [4.69, 9.17) is 4.74 Å². The fourth-order valence-electron chi connectivity index (χ4n) is 2.10. The first kappa shape index (κ1) is 14.2. The molecule has 2 N–H and O–H groups in total. The number of aromatic nitrogens is 1. The number of rotatable bonds is 6. The maximum atomic E-state index is 11.9. The summed E-state index contributed by atoms with van der Waals surface area (Å²) in [6.07, 6.45) is 5.96. The maximum Gasteiger partial charge on any atom is 0.247 e. The van der Waals surface area contributed by atoms with Crippen LogP contribution in [-0.4, -0.2) is 32.7 Å². The number of aromatic amines is 1. The molecule has 1 aromatic rings. The Labute approximate surface area is 112 Å². The van der Waals surface area contributed by atoms with Crippen LogP contribution in [0.3, 0.4) is 0 Å². The van der Waals surface area contributed by atoms with Crippen molar-refractivity contribution in [2.24, 2.45) is 0 Å². The molecule has 106 valence electrons. The first-order chi connectivity index (χ1) is 9.08. The Bertz CT molecular complexity index is 541. The second-order valence-electron chi connectivity index (χ2n) is 4.56. The number of H-pyrrole nitrogens is 1. The van der Waals surface area contributed by atoms with E-state index >= 15 is 0 Å². The SMILES string of the molecule is O=c1ccc(S(=O)(=O)NCCOC2CCCC2)c[nH]1. The van der Waals surface area contributed by atoms with Gasteiger partial charge in [0.05, 0.1) is 17.6 Å². The van der Waals surface area contributed by atoms with Gasteiger partial charge in [0.15, 0.2) is 0 Å². The summed E-state index contributed by atoms with van der Waals surface area (Å²) < 4.78 is 31.7. The third-order valence-corrected chi connectivity index (χ3v) is 4.57. The highest BCUT2D eigenvalue weighted by molar-refractivity contribution is 7.89. The van der Waals surface area contributed by atoms with Crippen LogP contribution in [0, 0.1) is 0 Å². The quantitative estimate of drug-likeness (QED) is 0.750. The molecule has 2 rings (SSSR count). The van der Waals surface area contributed by atoms with Crippen LogP contribution >= 0.6 is 0 Å². The van der Waals surface area contributed by atoms with Crippen molar-refractivity contribution in [1.29, 1.82) is 0 Å². The topological polar surface area (TPSA) is 88.3 Å². The zero-order valence-corrected chi connectivity index (χ0v) is 11.4. The molecule has 0 amide bonds. The molecule has 0 atom stereocenters. The summed E-state index contributed by atoms with van der Waals surface area (Å²) in [6, 6.07) is 2.46. The Morgan fingerprint density at radius 3 is 2.68 bits per heavy atom. The third-order valence-electron chi connectivity index (χ3n) is 3.12. The molecule has 1 aromatic heterocycles. The largest absolute Gasteiger partial charge is 0.377 e. The number of ether oxygens (including phenoxy) is 1. The Kier molecular flexibility index (Phi) is 4.73. The molecule has 1 fully saturated rings. The summed E-state index contributed by atoms with van der Waals surface area (Å²) in [5, 5.41) is 0. The molecule has 1 aliphatic rings. The van der Waals surface area contributed by atoms with Crippen molar-refractivity contribution >= 4 is 10.0 Å². The highest BCUT2D eigenvalue weighted by Crippen LogP contribution is 2.20. The van der Waals surface area contributed by atoms with E-state index in [9.17, 15) is 13.2 Å². The van der Waals surface area contributed by atoms with Crippen LogP contribution < -0.4 is 10.3 Å². The van der Waals surface area contributed by atoms with Gasteiger partial charge in [0, 0.05) is 18.8 Å². The van der Waals surface area contributed by atoms with Gasteiger partial charge < -0.3 is 9.72 Å². The predicted molar refractivity (Wildman–Crippen MR) is 70.5 cm³/mol. The highest BCUT2D eigenvalue weighted by Gasteiger charge is 2.16. The Morgan fingerprint density at radius 1 is 1.32 bits per heavy atom. The molecule has 1 heterocycles. The Morgan fingerprint density at radius 2 is 2.05 bits per heavy atom. The molecule has 6 nitrogen and oxygen atoms in total. The molecule has 0 bridgehead atoms. The van der Waals surface area contributed by atoms with Gasteiger partial charge in [-0.3, -0.25) is 4.79 Å². The van der Waals surface area contributed by atoms with Crippen LogP contribution in [0.4, 0.5) is 0 Å². The minimum atomic E-state index is -3.57. The molecule has 0 unspecified atom stereocenters. The summed E-state index contributed by atoms with van der Waals surface area (Å²) >= 11 is 0. The van der Waals surface area contributed by atoms with Gasteiger partial charge in [-0.05, 0) is 18.9 Å². The van der Waals surface area contributed by atoms with Crippen LogP contribution in [0.1, 0.15) is 25.7 Å². The van der Waals surface area contributed by atoms with Crippen molar-refractivity contribution in [3.05, 3.63) is 28.7 Å². The molecule has 0 saturated heterocycles. The van der Waals surface area contributed by atoms with Gasteiger partial charge in [0.1, 0.15) is 0 Å². The van der Waals surface area contributed by atoms with Crippen LogP contribution in [0.5, 0.6) is 0 Å². The van der Waals surface area contributed by atoms with Crippen molar-refractivity contribution in [1.82, 2.24) is 9.71 Å². The molecule has 0 aliphatic heterocycles. The number of nitrogens with one attached hydrogen (secondary N) is 2. The smallest absolute Gasteiger partial charge is 0.247 e. The lowest BCUT2D eigenvalue weighted by Gasteiger charge is -2.11. The number of sulfonamides is 1. The lowest BCUT2D eigenvalue weighted by molar-refractivity contribution is 0.0626. The van der Waals surface area contributed by atoms with Gasteiger partial charge in [0.25, 0.3) is 0 Å². The van der Waals surface area contributed by atoms with E-state index in [0.29, 0.717) is 6.61 Å². The summed E-state index contributed by atoms with van der Waals surface area (Å²) in [5.41, 5.74) is -0.330. The second kappa shape index (κ2) is 6.31. The second-order valence-corrected chi connectivity index (χ2v) is 6.33. The molecule has 0 aromatic carbocycles. The number of hydrogen-bond donors (Lipinski definition) is 2. The third kappa shape index (κ3) is 4.15. The Hall–Kier alpha value is -1.18. The molecular weight excluding hydrogens is 268 g/mol. The average Bonchev–Trinajstić information content (AvgIpc) is 2.88. The van der Waals surface area contributed by atoms with Crippen molar-refractivity contribution in [3.8, 4) is 0 Å². The lowest BCUT2D eigenvalue weighted by Crippen LogP contribution is -2.29. The monoisotopic (exact) mass is 286 g/mol. The van der Waals surface area contributed by atoms with Crippen LogP contribution in [0.2, 0.25) is 0 Å².